The third-order valence-electron chi connectivity index (χ3n) is 3.87. The lowest BCUT2D eigenvalue weighted by atomic mass is 9.84. The number of carbonyl (C=O) groups excluding carboxylic acids is 3. The van der Waals surface area contributed by atoms with Crippen LogP contribution in [0.2, 0.25) is 0 Å². The van der Waals surface area contributed by atoms with E-state index in [4.69, 9.17) is 9.47 Å². The second-order valence-electron chi connectivity index (χ2n) is 6.75. The summed E-state index contributed by atoms with van der Waals surface area (Å²) in [5.74, 6) is -0.510. The summed E-state index contributed by atoms with van der Waals surface area (Å²) in [6, 6.07) is 0. The van der Waals surface area contributed by atoms with Gasteiger partial charge in [0.05, 0.1) is 5.41 Å². The van der Waals surface area contributed by atoms with Crippen molar-refractivity contribution in [3.8, 4) is 0 Å². The van der Waals surface area contributed by atoms with Crippen LogP contribution in [0.25, 0.3) is 0 Å². The van der Waals surface area contributed by atoms with Crippen molar-refractivity contribution in [2.45, 2.75) is 59.5 Å². The maximum atomic E-state index is 12.3. The average Bonchev–Trinajstić information content (AvgIpc) is 2.88. The zero-order valence-electron chi connectivity index (χ0n) is 14.2. The summed E-state index contributed by atoms with van der Waals surface area (Å²) >= 11 is 0. The van der Waals surface area contributed by atoms with Gasteiger partial charge in [0.25, 0.3) is 0 Å². The smallest absolute Gasteiger partial charge is 0.410 e. The largest absolute Gasteiger partial charge is 0.457 e. The van der Waals surface area contributed by atoms with Gasteiger partial charge in [-0.15, -0.1) is 0 Å². The van der Waals surface area contributed by atoms with Crippen LogP contribution in [0.5, 0.6) is 0 Å². The van der Waals surface area contributed by atoms with E-state index < -0.39 is 23.1 Å². The van der Waals surface area contributed by atoms with Gasteiger partial charge < -0.3 is 14.4 Å². The third-order valence-corrected chi connectivity index (χ3v) is 3.87. The average molecular weight is 313 g/mol. The number of esters is 1. The van der Waals surface area contributed by atoms with E-state index in [1.54, 1.807) is 27.7 Å². The van der Waals surface area contributed by atoms with Crippen LogP contribution in [0, 0.1) is 5.41 Å². The first-order valence-electron chi connectivity index (χ1n) is 7.80. The van der Waals surface area contributed by atoms with Crippen molar-refractivity contribution in [1.29, 1.82) is 0 Å². The predicted molar refractivity (Wildman–Crippen MR) is 81.4 cm³/mol. The molecule has 0 saturated carbocycles. The number of ketones is 1. The highest BCUT2D eigenvalue weighted by molar-refractivity contribution is 5.84. The monoisotopic (exact) mass is 313 g/mol. The summed E-state index contributed by atoms with van der Waals surface area (Å²) in [6.07, 6.45) is 1.02. The Morgan fingerprint density at radius 3 is 2.32 bits per heavy atom. The lowest BCUT2D eigenvalue weighted by Gasteiger charge is -2.27. The predicted octanol–water partition coefficient (Wildman–Crippen LogP) is 2.55. The van der Waals surface area contributed by atoms with Gasteiger partial charge in [0.1, 0.15) is 12.2 Å². The Morgan fingerprint density at radius 1 is 1.18 bits per heavy atom. The highest BCUT2D eigenvalue weighted by Gasteiger charge is 2.46. The molecule has 0 radical (unpaired) electrons. The molecule has 1 unspecified atom stereocenters. The Balaban J connectivity index is 2.67. The molecular formula is C16H27NO5. The van der Waals surface area contributed by atoms with Crippen molar-refractivity contribution in [2.75, 3.05) is 19.7 Å². The van der Waals surface area contributed by atoms with Crippen LogP contribution < -0.4 is 0 Å². The molecule has 6 nitrogen and oxygen atoms in total. The van der Waals surface area contributed by atoms with Gasteiger partial charge in [-0.2, -0.15) is 0 Å². The van der Waals surface area contributed by atoms with E-state index in [9.17, 15) is 14.4 Å². The number of amides is 1. The molecule has 0 aromatic heterocycles. The summed E-state index contributed by atoms with van der Waals surface area (Å²) in [6.45, 7) is 9.57. The lowest BCUT2D eigenvalue weighted by molar-refractivity contribution is -0.158. The number of Topliss-reactive ketones (excluding diaryl/α,β-unsaturated/α-hetero) is 1. The summed E-state index contributed by atoms with van der Waals surface area (Å²) < 4.78 is 10.5. The second kappa shape index (κ2) is 7.11. The molecule has 0 spiro atoms. The molecule has 1 saturated heterocycles. The molecule has 6 heteroatoms. The number of likely N-dealkylation sites (tertiary alicyclic amines) is 1. The van der Waals surface area contributed by atoms with E-state index in [1.807, 2.05) is 6.92 Å². The molecule has 1 aliphatic rings. The zero-order chi connectivity index (χ0) is 17.0. The molecule has 1 heterocycles. The first-order valence-corrected chi connectivity index (χ1v) is 7.80. The Kier molecular flexibility index (Phi) is 5.97. The minimum absolute atomic E-state index is 0.110. The quantitative estimate of drug-likeness (QED) is 0.729. The van der Waals surface area contributed by atoms with Crippen LogP contribution in [-0.4, -0.2) is 48.0 Å². The molecule has 1 rings (SSSR count). The second-order valence-corrected chi connectivity index (χ2v) is 6.75. The van der Waals surface area contributed by atoms with Crippen LogP contribution in [0.1, 0.15) is 53.9 Å². The van der Waals surface area contributed by atoms with Crippen molar-refractivity contribution in [3.63, 3.8) is 0 Å². The summed E-state index contributed by atoms with van der Waals surface area (Å²) in [5.41, 5.74) is -1.30. The van der Waals surface area contributed by atoms with Crippen LogP contribution in [0.4, 0.5) is 4.79 Å². The van der Waals surface area contributed by atoms with Crippen LogP contribution in [0.3, 0.4) is 0 Å². The first-order chi connectivity index (χ1) is 10.1. The van der Waals surface area contributed by atoms with Gasteiger partial charge >= 0.3 is 12.1 Å². The molecule has 0 N–H and O–H groups in total. The van der Waals surface area contributed by atoms with E-state index in [-0.39, 0.29) is 18.9 Å². The highest BCUT2D eigenvalue weighted by Crippen LogP contribution is 2.36. The molecule has 22 heavy (non-hydrogen) atoms. The van der Waals surface area contributed by atoms with Crippen LogP contribution in [-0.2, 0) is 19.1 Å². The van der Waals surface area contributed by atoms with Crippen molar-refractivity contribution in [2.24, 2.45) is 5.41 Å². The summed E-state index contributed by atoms with van der Waals surface area (Å²) in [4.78, 5) is 37.2. The van der Waals surface area contributed by atoms with Gasteiger partial charge in [0.15, 0.2) is 5.78 Å². The van der Waals surface area contributed by atoms with Gasteiger partial charge in [0.2, 0.25) is 0 Å². The molecular weight excluding hydrogens is 286 g/mol. The Labute approximate surface area is 132 Å². The van der Waals surface area contributed by atoms with Crippen LogP contribution in [0.15, 0.2) is 0 Å². The first kappa shape index (κ1) is 18.5. The molecule has 1 fully saturated rings. The van der Waals surface area contributed by atoms with E-state index in [0.717, 1.165) is 0 Å². The van der Waals surface area contributed by atoms with E-state index in [0.29, 0.717) is 25.8 Å². The topological polar surface area (TPSA) is 72.9 Å². The molecule has 0 aliphatic carbocycles. The fraction of sp³-hybridized carbons (Fsp3) is 0.812. The van der Waals surface area contributed by atoms with Gasteiger partial charge in [-0.05, 0) is 33.6 Å². The lowest BCUT2D eigenvalue weighted by Crippen LogP contribution is -2.40. The maximum absolute atomic E-state index is 12.3. The molecule has 126 valence electrons. The Hall–Kier alpha value is -1.59. The number of hydrogen-bond donors (Lipinski definition) is 0. The zero-order valence-corrected chi connectivity index (χ0v) is 14.2. The molecule has 0 aromatic carbocycles. The number of carbonyl (C=O) groups is 3. The van der Waals surface area contributed by atoms with Crippen molar-refractivity contribution < 1.29 is 23.9 Å². The number of nitrogens with zero attached hydrogens (tertiary/aromatic N) is 1. The van der Waals surface area contributed by atoms with Crippen molar-refractivity contribution >= 4 is 17.8 Å². The fourth-order valence-corrected chi connectivity index (χ4v) is 2.36. The Morgan fingerprint density at radius 2 is 1.82 bits per heavy atom. The molecule has 0 aromatic rings. The van der Waals surface area contributed by atoms with E-state index >= 15 is 0 Å². The van der Waals surface area contributed by atoms with Gasteiger partial charge in [0, 0.05) is 19.5 Å². The van der Waals surface area contributed by atoms with E-state index in [2.05, 4.69) is 0 Å². The SMILES string of the molecule is CCC(=O)COC(=O)C1(CC)CCN(C(=O)OC(C)(C)C)C1. The number of ether oxygens (including phenoxy) is 2. The minimum Gasteiger partial charge on any atom is -0.457 e. The molecule has 1 amide bonds. The van der Waals surface area contributed by atoms with E-state index in [1.165, 1.54) is 4.90 Å². The van der Waals surface area contributed by atoms with Gasteiger partial charge in [-0.25, -0.2) is 4.79 Å². The third kappa shape index (κ3) is 4.71. The Bertz CT molecular complexity index is 440. The maximum Gasteiger partial charge on any atom is 0.410 e. The normalized spacial score (nSPS) is 21.6. The van der Waals surface area contributed by atoms with Crippen molar-refractivity contribution in [1.82, 2.24) is 4.90 Å². The summed E-state index contributed by atoms with van der Waals surface area (Å²) in [5, 5.41) is 0. The van der Waals surface area contributed by atoms with Crippen LogP contribution >= 0.6 is 0 Å². The summed E-state index contributed by atoms with van der Waals surface area (Å²) in [7, 11) is 0. The number of rotatable bonds is 5. The molecule has 1 atom stereocenters. The standard InChI is InChI=1S/C16H27NO5/c1-6-12(18)10-21-13(19)16(7-2)8-9-17(11-16)14(20)22-15(3,4)5/h6-11H2,1-5H3. The fourth-order valence-electron chi connectivity index (χ4n) is 2.36. The van der Waals surface area contributed by atoms with Gasteiger partial charge in [-0.3, -0.25) is 9.59 Å². The number of hydrogen-bond acceptors (Lipinski definition) is 5. The van der Waals surface area contributed by atoms with Gasteiger partial charge in [-0.1, -0.05) is 13.8 Å². The molecule has 0 bridgehead atoms. The highest BCUT2D eigenvalue weighted by atomic mass is 16.6. The van der Waals surface area contributed by atoms with Crippen molar-refractivity contribution in [3.05, 3.63) is 0 Å². The molecule has 1 aliphatic heterocycles. The minimum atomic E-state index is -0.731.